The molecule has 15 N–H and O–H groups in total. The summed E-state index contributed by atoms with van der Waals surface area (Å²) >= 11 is 0. The van der Waals surface area contributed by atoms with Crippen LogP contribution in [0, 0.1) is 0 Å². The van der Waals surface area contributed by atoms with Gasteiger partial charge in [-0.1, -0.05) is 0 Å². The van der Waals surface area contributed by atoms with Gasteiger partial charge in [0.15, 0.2) is 31.5 Å². The lowest BCUT2D eigenvalue weighted by molar-refractivity contribution is -0.411. The summed E-state index contributed by atoms with van der Waals surface area (Å²) in [5, 5.41) is 157. The van der Waals surface area contributed by atoms with Gasteiger partial charge in [-0.25, -0.2) is 0 Å². The van der Waals surface area contributed by atoms with E-state index in [-0.39, 0.29) is 0 Å². The number of rotatable bonds is 11. The molecule has 5 aliphatic rings. The second-order valence-corrected chi connectivity index (χ2v) is 13.9. The second kappa shape index (κ2) is 18.3. The Kier molecular flexibility index (Phi) is 15.0. The molecule has 24 nitrogen and oxygen atoms in total. The van der Waals surface area contributed by atoms with E-state index in [4.69, 9.17) is 42.6 Å². The molecular formula is C30H52O24. The summed E-state index contributed by atoms with van der Waals surface area (Å²) in [5.41, 5.74) is 0. The largest absolute Gasteiger partial charge is 0.394 e. The van der Waals surface area contributed by atoms with Crippen molar-refractivity contribution in [1.29, 1.82) is 0 Å². The molecule has 0 aliphatic carbocycles. The van der Waals surface area contributed by atoms with Crippen LogP contribution in [0.4, 0.5) is 0 Å². The first kappa shape index (κ1) is 44.1. The number of hydrogen-bond donors (Lipinski definition) is 15. The van der Waals surface area contributed by atoms with Crippen LogP contribution in [0.25, 0.3) is 0 Å². The predicted molar refractivity (Wildman–Crippen MR) is 164 cm³/mol. The zero-order valence-electron chi connectivity index (χ0n) is 28.9. The molecule has 0 aromatic heterocycles. The monoisotopic (exact) mass is 796 g/mol. The Bertz CT molecular complexity index is 1170. The van der Waals surface area contributed by atoms with E-state index in [0.717, 1.165) is 0 Å². The van der Waals surface area contributed by atoms with E-state index in [0.29, 0.717) is 0 Å². The summed E-state index contributed by atoms with van der Waals surface area (Å²) < 4.78 is 51.3. The van der Waals surface area contributed by atoms with Crippen molar-refractivity contribution in [3.8, 4) is 0 Å². The van der Waals surface area contributed by atoms with Gasteiger partial charge in [0.05, 0.1) is 32.0 Å². The van der Waals surface area contributed by atoms with Crippen molar-refractivity contribution in [3.05, 3.63) is 0 Å². The molecule has 0 radical (unpaired) electrons. The lowest BCUT2D eigenvalue weighted by Gasteiger charge is -2.51. The molecule has 5 heterocycles. The van der Waals surface area contributed by atoms with Crippen molar-refractivity contribution in [1.82, 2.24) is 0 Å². The minimum atomic E-state index is -2.06. The Labute approximate surface area is 306 Å². The molecular weight excluding hydrogens is 744 g/mol. The first-order chi connectivity index (χ1) is 25.4. The van der Waals surface area contributed by atoms with Gasteiger partial charge in [-0.05, 0) is 13.8 Å². The Morgan fingerprint density at radius 2 is 0.704 bits per heavy atom. The number of hydrogen-bond acceptors (Lipinski definition) is 24. The molecule has 0 aromatic rings. The van der Waals surface area contributed by atoms with Crippen molar-refractivity contribution < 1.29 is 119 Å². The van der Waals surface area contributed by atoms with Gasteiger partial charge in [0.25, 0.3) is 0 Å². The average molecular weight is 797 g/mol. The Morgan fingerprint density at radius 1 is 0.333 bits per heavy atom. The van der Waals surface area contributed by atoms with Crippen LogP contribution in [0.5, 0.6) is 0 Å². The quantitative estimate of drug-likeness (QED) is 0.0923. The molecule has 1 unspecified atom stereocenters. The SMILES string of the molecule is C[C@H]1O[C@H](O[C@H]2[C@H](O[C@H]3[C@H](O[C@H]4O[C@H](C)[C@H](O)[C@H](O)[C@H]4O)[C@@H](O)C(O)O[C@@H]3CO)O[C@H](CO)[C@H](O)[C@@H]2O[C@H]2O[C@H](CO)[C@H](O)[C@H](O)[C@H]2O)[C@H](O)[C@@H](O)[C@H]1O. The van der Waals surface area contributed by atoms with Crippen LogP contribution in [0.1, 0.15) is 13.8 Å². The maximum atomic E-state index is 11.4. The molecule has 0 saturated carbocycles. The Hall–Kier alpha value is -0.960. The van der Waals surface area contributed by atoms with Crippen LogP contribution in [0.3, 0.4) is 0 Å². The molecule has 0 aromatic carbocycles. The van der Waals surface area contributed by atoms with E-state index in [1.807, 2.05) is 0 Å². The van der Waals surface area contributed by atoms with Crippen molar-refractivity contribution in [2.45, 2.75) is 167 Å². The molecule has 316 valence electrons. The van der Waals surface area contributed by atoms with Gasteiger partial charge in [0, 0.05) is 0 Å². The summed E-state index contributed by atoms with van der Waals surface area (Å²) in [6.45, 7) is -0.152. The topological polar surface area (TPSA) is 387 Å². The van der Waals surface area contributed by atoms with E-state index < -0.39 is 173 Å². The van der Waals surface area contributed by atoms with Crippen LogP contribution < -0.4 is 0 Å². The van der Waals surface area contributed by atoms with E-state index >= 15 is 0 Å². The third-order valence-corrected chi connectivity index (χ3v) is 10.2. The van der Waals surface area contributed by atoms with Gasteiger partial charge in [-0.3, -0.25) is 0 Å². The number of aliphatic hydroxyl groups excluding tert-OH is 15. The molecule has 24 heteroatoms. The number of aliphatic hydroxyl groups is 15. The first-order valence-corrected chi connectivity index (χ1v) is 17.3. The molecule has 5 rings (SSSR count). The van der Waals surface area contributed by atoms with Gasteiger partial charge >= 0.3 is 0 Å². The average Bonchev–Trinajstić information content (AvgIpc) is 3.15. The van der Waals surface area contributed by atoms with Crippen molar-refractivity contribution in [2.75, 3.05) is 19.8 Å². The minimum Gasteiger partial charge on any atom is -0.394 e. The van der Waals surface area contributed by atoms with Gasteiger partial charge in [-0.15, -0.1) is 0 Å². The normalized spacial score (nSPS) is 54.7. The summed E-state index contributed by atoms with van der Waals surface area (Å²) in [6.07, 6.45) is -45.0. The van der Waals surface area contributed by atoms with E-state index in [1.54, 1.807) is 0 Å². The molecule has 0 spiro atoms. The molecule has 0 bridgehead atoms. The lowest BCUT2D eigenvalue weighted by Crippen LogP contribution is -2.69. The fourth-order valence-corrected chi connectivity index (χ4v) is 6.88. The van der Waals surface area contributed by atoms with Gasteiger partial charge < -0.3 is 119 Å². The van der Waals surface area contributed by atoms with Crippen LogP contribution in [0.2, 0.25) is 0 Å². The third kappa shape index (κ3) is 8.72. The molecule has 5 aliphatic heterocycles. The van der Waals surface area contributed by atoms with Gasteiger partial charge in [0.2, 0.25) is 0 Å². The smallest absolute Gasteiger partial charge is 0.187 e. The summed E-state index contributed by atoms with van der Waals surface area (Å²) in [5.74, 6) is 0. The molecule has 0 amide bonds. The van der Waals surface area contributed by atoms with Crippen molar-refractivity contribution in [3.63, 3.8) is 0 Å². The molecule has 25 atom stereocenters. The van der Waals surface area contributed by atoms with Crippen LogP contribution in [-0.2, 0) is 42.6 Å². The van der Waals surface area contributed by atoms with Crippen molar-refractivity contribution in [2.24, 2.45) is 0 Å². The van der Waals surface area contributed by atoms with Crippen LogP contribution in [-0.4, -0.2) is 250 Å². The van der Waals surface area contributed by atoms with Gasteiger partial charge in [0.1, 0.15) is 110 Å². The summed E-state index contributed by atoms with van der Waals surface area (Å²) in [4.78, 5) is 0. The highest BCUT2D eigenvalue weighted by molar-refractivity contribution is 4.99. The molecule has 5 saturated heterocycles. The highest BCUT2D eigenvalue weighted by Crippen LogP contribution is 2.37. The van der Waals surface area contributed by atoms with E-state index in [1.165, 1.54) is 13.8 Å². The number of ether oxygens (including phenoxy) is 9. The maximum absolute atomic E-state index is 11.4. The second-order valence-electron chi connectivity index (χ2n) is 13.9. The van der Waals surface area contributed by atoms with E-state index in [2.05, 4.69) is 0 Å². The zero-order chi connectivity index (χ0) is 39.9. The maximum Gasteiger partial charge on any atom is 0.187 e. The standard InChI is InChI=1S/C30H52O24/c1-6-11(34)15(38)18(41)27(46-6)53-24-21(44)26(45)48-10(5-33)22(24)51-30-25(54-28-19(42)16(39)12(35)7(2)47-28)23(14(37)9(4-32)50-30)52-29-20(43)17(40)13(36)8(3-31)49-29/h6-45H,3-5H2,1-2H3/t6-,7-,8-,9-,10-,11+,12+,13+,14+,15+,16+,17+,18-,19-,20-,21-,22-,23+,24-,25-,26?,27-,28-,29-,30+/m1/s1. The third-order valence-electron chi connectivity index (χ3n) is 10.2. The predicted octanol–water partition coefficient (Wildman–Crippen LogP) is -9.87. The van der Waals surface area contributed by atoms with Gasteiger partial charge in [-0.2, -0.15) is 0 Å². The Balaban J connectivity index is 1.51. The fraction of sp³-hybridized carbons (Fsp3) is 1.00. The first-order valence-electron chi connectivity index (χ1n) is 17.3. The molecule has 5 fully saturated rings. The van der Waals surface area contributed by atoms with Crippen LogP contribution >= 0.6 is 0 Å². The molecule has 54 heavy (non-hydrogen) atoms. The van der Waals surface area contributed by atoms with Crippen LogP contribution in [0.15, 0.2) is 0 Å². The zero-order valence-corrected chi connectivity index (χ0v) is 28.9. The minimum absolute atomic E-state index is 0.875. The highest BCUT2D eigenvalue weighted by atomic mass is 16.8. The lowest BCUT2D eigenvalue weighted by atomic mass is 9.95. The summed E-state index contributed by atoms with van der Waals surface area (Å²) in [6, 6.07) is 0. The highest BCUT2D eigenvalue weighted by Gasteiger charge is 2.57. The fourth-order valence-electron chi connectivity index (χ4n) is 6.88. The van der Waals surface area contributed by atoms with Crippen molar-refractivity contribution >= 4 is 0 Å². The Morgan fingerprint density at radius 3 is 1.19 bits per heavy atom. The summed E-state index contributed by atoms with van der Waals surface area (Å²) in [7, 11) is 0. The van der Waals surface area contributed by atoms with E-state index in [9.17, 15) is 76.6 Å².